The Labute approximate surface area is 108 Å². The summed E-state index contributed by atoms with van der Waals surface area (Å²) in [7, 11) is 0. The molecule has 0 spiro atoms. The molecule has 1 aliphatic rings. The lowest BCUT2D eigenvalue weighted by molar-refractivity contribution is 0.316. The van der Waals surface area contributed by atoms with Gasteiger partial charge in [-0.3, -0.25) is 4.90 Å². The van der Waals surface area contributed by atoms with E-state index < -0.39 is 0 Å². The summed E-state index contributed by atoms with van der Waals surface area (Å²) in [6, 6.07) is 3.86. The van der Waals surface area contributed by atoms with Crippen molar-refractivity contribution >= 4 is 17.4 Å². The summed E-state index contributed by atoms with van der Waals surface area (Å²) in [6.07, 6.45) is 1.28. The minimum Gasteiger partial charge on any atom is -0.370 e. The molecule has 1 aromatic heterocycles. The molecule has 4 heteroatoms. The number of nitrogens with one attached hydrogen (secondary N) is 1. The molecule has 0 amide bonds. The second-order valence-corrected chi connectivity index (χ2v) is 5.19. The van der Waals surface area contributed by atoms with E-state index >= 15 is 0 Å². The molecule has 0 radical (unpaired) electrons. The first-order chi connectivity index (χ1) is 8.19. The van der Waals surface area contributed by atoms with E-state index in [-0.39, 0.29) is 0 Å². The van der Waals surface area contributed by atoms with E-state index in [1.807, 2.05) is 12.1 Å². The van der Waals surface area contributed by atoms with Crippen LogP contribution in [0.2, 0.25) is 5.02 Å². The van der Waals surface area contributed by atoms with Crippen molar-refractivity contribution in [2.45, 2.75) is 26.8 Å². The quantitative estimate of drug-likeness (QED) is 0.894. The molecule has 1 N–H and O–H groups in total. The van der Waals surface area contributed by atoms with Gasteiger partial charge in [0.05, 0.1) is 10.7 Å². The maximum atomic E-state index is 6.19. The zero-order chi connectivity index (χ0) is 12.3. The van der Waals surface area contributed by atoms with Crippen LogP contribution < -0.4 is 5.32 Å². The number of likely N-dealkylation sites (tertiary alicyclic amines) is 1. The lowest BCUT2D eigenvalue weighted by Gasteiger charge is -2.16. The van der Waals surface area contributed by atoms with E-state index in [2.05, 4.69) is 29.0 Å². The molecule has 3 nitrogen and oxygen atoms in total. The Bertz CT molecular complexity index is 381. The highest BCUT2D eigenvalue weighted by Crippen LogP contribution is 2.22. The molecule has 1 atom stereocenters. The second-order valence-electron chi connectivity index (χ2n) is 4.78. The minimum absolute atomic E-state index is 0.770. The fourth-order valence-electron chi connectivity index (χ4n) is 2.26. The van der Waals surface area contributed by atoms with Crippen molar-refractivity contribution in [1.82, 2.24) is 9.88 Å². The summed E-state index contributed by atoms with van der Waals surface area (Å²) < 4.78 is 0. The summed E-state index contributed by atoms with van der Waals surface area (Å²) in [4.78, 5) is 6.99. The maximum absolute atomic E-state index is 6.19. The number of nitrogens with zero attached hydrogens (tertiary/aromatic N) is 2. The van der Waals surface area contributed by atoms with Crippen LogP contribution in [-0.4, -0.2) is 29.5 Å². The number of rotatable bonds is 4. The highest BCUT2D eigenvalue weighted by Gasteiger charge is 2.19. The van der Waals surface area contributed by atoms with Gasteiger partial charge in [-0.15, -0.1) is 0 Å². The second kappa shape index (κ2) is 5.69. The summed E-state index contributed by atoms with van der Waals surface area (Å²) in [5, 5.41) is 3.99. The fourth-order valence-corrected chi connectivity index (χ4v) is 2.42. The standard InChI is InChI=1S/C13H20ClN3/c1-3-15-13-5-4-11(14)12(16-13)9-17-7-6-10(2)8-17/h4-5,10H,3,6-9H2,1-2H3,(H,15,16). The number of halogens is 1. The van der Waals surface area contributed by atoms with E-state index in [9.17, 15) is 0 Å². The predicted molar refractivity (Wildman–Crippen MR) is 72.5 cm³/mol. The molecular formula is C13H20ClN3. The number of pyridine rings is 1. The van der Waals surface area contributed by atoms with Gasteiger partial charge < -0.3 is 5.32 Å². The van der Waals surface area contributed by atoms with E-state index in [0.717, 1.165) is 48.6 Å². The summed E-state index contributed by atoms with van der Waals surface area (Å²) in [6.45, 7) is 8.42. The Morgan fingerprint density at radius 3 is 3.00 bits per heavy atom. The Kier molecular flexibility index (Phi) is 4.24. The van der Waals surface area contributed by atoms with Crippen molar-refractivity contribution in [2.75, 3.05) is 25.0 Å². The molecule has 1 fully saturated rings. The summed E-state index contributed by atoms with van der Waals surface area (Å²) in [5.74, 6) is 1.71. The lowest BCUT2D eigenvalue weighted by atomic mass is 10.2. The largest absolute Gasteiger partial charge is 0.370 e. The van der Waals surface area contributed by atoms with Crippen LogP contribution in [0.1, 0.15) is 26.0 Å². The first-order valence-corrected chi connectivity index (χ1v) is 6.68. The molecule has 0 aliphatic carbocycles. The molecule has 0 bridgehead atoms. The first-order valence-electron chi connectivity index (χ1n) is 6.30. The third-order valence-corrected chi connectivity index (χ3v) is 3.50. The van der Waals surface area contributed by atoms with Crippen LogP contribution >= 0.6 is 11.6 Å². The molecule has 2 rings (SSSR count). The molecule has 1 aliphatic heterocycles. The zero-order valence-corrected chi connectivity index (χ0v) is 11.3. The molecule has 1 unspecified atom stereocenters. The fraction of sp³-hybridized carbons (Fsp3) is 0.615. The van der Waals surface area contributed by atoms with Crippen LogP contribution in [-0.2, 0) is 6.54 Å². The van der Waals surface area contributed by atoms with Gasteiger partial charge in [0.2, 0.25) is 0 Å². The lowest BCUT2D eigenvalue weighted by Crippen LogP contribution is -2.20. The van der Waals surface area contributed by atoms with Crippen molar-refractivity contribution in [1.29, 1.82) is 0 Å². The molecule has 1 aromatic rings. The van der Waals surface area contributed by atoms with Crippen molar-refractivity contribution in [2.24, 2.45) is 5.92 Å². The number of anilines is 1. The monoisotopic (exact) mass is 253 g/mol. The van der Waals surface area contributed by atoms with Crippen LogP contribution in [0.25, 0.3) is 0 Å². The number of hydrogen-bond acceptors (Lipinski definition) is 3. The Hall–Kier alpha value is -0.800. The van der Waals surface area contributed by atoms with E-state index in [1.165, 1.54) is 6.42 Å². The normalized spacial score (nSPS) is 20.8. The van der Waals surface area contributed by atoms with Crippen LogP contribution in [0.3, 0.4) is 0 Å². The molecule has 2 heterocycles. The van der Waals surface area contributed by atoms with E-state index in [0.29, 0.717) is 0 Å². The Balaban J connectivity index is 2.06. The van der Waals surface area contributed by atoms with E-state index in [4.69, 9.17) is 11.6 Å². The van der Waals surface area contributed by atoms with Crippen molar-refractivity contribution < 1.29 is 0 Å². The van der Waals surface area contributed by atoms with Gasteiger partial charge in [-0.1, -0.05) is 18.5 Å². The summed E-state index contributed by atoms with van der Waals surface area (Å²) in [5.41, 5.74) is 0.985. The van der Waals surface area contributed by atoms with E-state index in [1.54, 1.807) is 0 Å². The molecule has 1 saturated heterocycles. The number of aromatic nitrogens is 1. The summed E-state index contributed by atoms with van der Waals surface area (Å²) >= 11 is 6.19. The molecule has 0 saturated carbocycles. The van der Waals surface area contributed by atoms with Crippen LogP contribution in [0.5, 0.6) is 0 Å². The number of hydrogen-bond donors (Lipinski definition) is 1. The highest BCUT2D eigenvalue weighted by atomic mass is 35.5. The Morgan fingerprint density at radius 2 is 2.35 bits per heavy atom. The Morgan fingerprint density at radius 1 is 1.53 bits per heavy atom. The van der Waals surface area contributed by atoms with Gasteiger partial charge in [0, 0.05) is 19.6 Å². The van der Waals surface area contributed by atoms with Gasteiger partial charge in [-0.2, -0.15) is 0 Å². The third kappa shape index (κ3) is 3.33. The molecule has 17 heavy (non-hydrogen) atoms. The smallest absolute Gasteiger partial charge is 0.126 e. The third-order valence-electron chi connectivity index (χ3n) is 3.16. The van der Waals surface area contributed by atoms with Crippen molar-refractivity contribution in [3.63, 3.8) is 0 Å². The van der Waals surface area contributed by atoms with Gasteiger partial charge in [0.15, 0.2) is 0 Å². The first kappa shape index (κ1) is 12.7. The molecule has 94 valence electrons. The average molecular weight is 254 g/mol. The molecular weight excluding hydrogens is 234 g/mol. The van der Waals surface area contributed by atoms with Crippen molar-refractivity contribution in [3.05, 3.63) is 22.8 Å². The van der Waals surface area contributed by atoms with Crippen LogP contribution in [0.4, 0.5) is 5.82 Å². The van der Waals surface area contributed by atoms with Crippen LogP contribution in [0, 0.1) is 5.92 Å². The van der Waals surface area contributed by atoms with Gasteiger partial charge in [-0.25, -0.2) is 4.98 Å². The van der Waals surface area contributed by atoms with Gasteiger partial charge >= 0.3 is 0 Å². The van der Waals surface area contributed by atoms with Crippen LogP contribution in [0.15, 0.2) is 12.1 Å². The highest BCUT2D eigenvalue weighted by molar-refractivity contribution is 6.31. The average Bonchev–Trinajstić information content (AvgIpc) is 2.69. The minimum atomic E-state index is 0.770. The topological polar surface area (TPSA) is 28.2 Å². The van der Waals surface area contributed by atoms with Gasteiger partial charge in [0.25, 0.3) is 0 Å². The maximum Gasteiger partial charge on any atom is 0.126 e. The SMILES string of the molecule is CCNc1ccc(Cl)c(CN2CCC(C)C2)n1. The van der Waals surface area contributed by atoms with Gasteiger partial charge in [0.1, 0.15) is 5.82 Å². The van der Waals surface area contributed by atoms with Crippen molar-refractivity contribution in [3.8, 4) is 0 Å². The molecule has 0 aromatic carbocycles. The van der Waals surface area contributed by atoms with Gasteiger partial charge in [-0.05, 0) is 37.9 Å². The zero-order valence-electron chi connectivity index (χ0n) is 10.5. The predicted octanol–water partition coefficient (Wildman–Crippen LogP) is 3.01.